The Balaban J connectivity index is 1.84. The number of hydrogen-bond donors (Lipinski definition) is 1. The first-order valence-electron chi connectivity index (χ1n) is 6.96. The highest BCUT2D eigenvalue weighted by Gasteiger charge is 2.20. The van der Waals surface area contributed by atoms with Gasteiger partial charge in [-0.2, -0.15) is 0 Å². The number of carbonyl (C=O) groups excluding carboxylic acids is 1. The van der Waals surface area contributed by atoms with Gasteiger partial charge in [0.15, 0.2) is 0 Å². The molecule has 2 rings (SSSR count). The van der Waals surface area contributed by atoms with E-state index in [2.05, 4.69) is 4.90 Å². The van der Waals surface area contributed by atoms with Crippen molar-refractivity contribution < 1.29 is 4.79 Å². The van der Waals surface area contributed by atoms with Crippen LogP contribution in [0, 0.1) is 0 Å². The second kappa shape index (κ2) is 6.68. The minimum atomic E-state index is -0.551. The third kappa shape index (κ3) is 3.78. The van der Waals surface area contributed by atoms with Crippen LogP contribution >= 0.6 is 0 Å². The molecule has 4 nitrogen and oxygen atoms in total. The van der Waals surface area contributed by atoms with Crippen molar-refractivity contribution in [3.05, 3.63) is 35.9 Å². The number of amides is 1. The normalized spacial score (nSPS) is 17.4. The van der Waals surface area contributed by atoms with Crippen LogP contribution in [-0.4, -0.2) is 48.9 Å². The van der Waals surface area contributed by atoms with Crippen LogP contribution in [0.2, 0.25) is 0 Å². The number of likely N-dealkylation sites (N-methyl/N-ethyl adjacent to an activating group) is 1. The first-order chi connectivity index (χ1) is 9.18. The number of benzene rings is 1. The number of hydrogen-bond acceptors (Lipinski definition) is 3. The zero-order valence-electron chi connectivity index (χ0n) is 11.6. The van der Waals surface area contributed by atoms with E-state index in [1.807, 2.05) is 37.4 Å². The van der Waals surface area contributed by atoms with E-state index in [9.17, 15) is 4.79 Å². The molecule has 1 aromatic rings. The van der Waals surface area contributed by atoms with E-state index in [4.69, 9.17) is 5.73 Å². The molecule has 104 valence electrons. The molecule has 1 aliphatic rings. The van der Waals surface area contributed by atoms with Crippen LogP contribution in [-0.2, 0) is 4.79 Å². The van der Waals surface area contributed by atoms with Gasteiger partial charge in [-0.25, -0.2) is 0 Å². The molecule has 1 aliphatic heterocycles. The summed E-state index contributed by atoms with van der Waals surface area (Å²) in [6, 6.07) is 9.00. The molecule has 0 aliphatic carbocycles. The Labute approximate surface area is 115 Å². The van der Waals surface area contributed by atoms with Crippen molar-refractivity contribution in [2.24, 2.45) is 5.73 Å². The van der Waals surface area contributed by atoms with E-state index in [0.717, 1.165) is 31.7 Å². The lowest BCUT2D eigenvalue weighted by molar-refractivity contribution is -0.131. The fourth-order valence-corrected chi connectivity index (χ4v) is 2.45. The van der Waals surface area contributed by atoms with Crippen molar-refractivity contribution in [3.63, 3.8) is 0 Å². The maximum Gasteiger partial charge on any atom is 0.243 e. The van der Waals surface area contributed by atoms with Gasteiger partial charge in [0.25, 0.3) is 0 Å². The van der Waals surface area contributed by atoms with Crippen LogP contribution < -0.4 is 5.73 Å². The minimum Gasteiger partial charge on any atom is -0.343 e. The summed E-state index contributed by atoms with van der Waals surface area (Å²) in [4.78, 5) is 16.4. The molecule has 19 heavy (non-hydrogen) atoms. The first-order valence-corrected chi connectivity index (χ1v) is 6.96. The van der Waals surface area contributed by atoms with Gasteiger partial charge in [0.2, 0.25) is 5.91 Å². The lowest BCUT2D eigenvalue weighted by Gasteiger charge is -2.24. The summed E-state index contributed by atoms with van der Waals surface area (Å²) < 4.78 is 0. The summed E-state index contributed by atoms with van der Waals surface area (Å²) in [7, 11) is 1.83. The van der Waals surface area contributed by atoms with Gasteiger partial charge in [0.1, 0.15) is 6.04 Å². The van der Waals surface area contributed by atoms with Gasteiger partial charge in [-0.15, -0.1) is 0 Å². The van der Waals surface area contributed by atoms with E-state index >= 15 is 0 Å². The van der Waals surface area contributed by atoms with Gasteiger partial charge < -0.3 is 15.5 Å². The number of carbonyl (C=O) groups is 1. The monoisotopic (exact) mass is 261 g/mol. The molecule has 1 atom stereocenters. The molecule has 1 fully saturated rings. The Kier molecular flexibility index (Phi) is 4.93. The predicted molar refractivity (Wildman–Crippen MR) is 76.7 cm³/mol. The summed E-state index contributed by atoms with van der Waals surface area (Å²) in [5.74, 6) is -0.00889. The Morgan fingerprint density at radius 1 is 1.32 bits per heavy atom. The van der Waals surface area contributed by atoms with Crippen molar-refractivity contribution >= 4 is 5.91 Å². The second-order valence-corrected chi connectivity index (χ2v) is 5.20. The van der Waals surface area contributed by atoms with Crippen LogP contribution in [0.3, 0.4) is 0 Å². The van der Waals surface area contributed by atoms with Gasteiger partial charge in [-0.05, 0) is 31.5 Å². The number of likely N-dealkylation sites (tertiary alicyclic amines) is 1. The lowest BCUT2D eigenvalue weighted by Crippen LogP contribution is -2.40. The van der Waals surface area contributed by atoms with Crippen LogP contribution in [0.5, 0.6) is 0 Å². The van der Waals surface area contributed by atoms with E-state index < -0.39 is 6.04 Å². The highest BCUT2D eigenvalue weighted by Crippen LogP contribution is 2.12. The summed E-state index contributed by atoms with van der Waals surface area (Å²) >= 11 is 0. The van der Waals surface area contributed by atoms with Gasteiger partial charge in [0.05, 0.1) is 0 Å². The SMILES string of the molecule is CN(CCN1CCCC1)C(=O)[C@@H](N)c1ccccc1. The van der Waals surface area contributed by atoms with Gasteiger partial charge in [0, 0.05) is 20.1 Å². The van der Waals surface area contributed by atoms with Gasteiger partial charge >= 0.3 is 0 Å². The van der Waals surface area contributed by atoms with E-state index in [-0.39, 0.29) is 5.91 Å². The lowest BCUT2D eigenvalue weighted by atomic mass is 10.1. The second-order valence-electron chi connectivity index (χ2n) is 5.20. The molecular formula is C15H23N3O. The Morgan fingerprint density at radius 3 is 2.58 bits per heavy atom. The van der Waals surface area contributed by atoms with Crippen LogP contribution in [0.1, 0.15) is 24.4 Å². The number of rotatable bonds is 5. The number of nitrogens with zero attached hydrogens (tertiary/aromatic N) is 2. The highest BCUT2D eigenvalue weighted by molar-refractivity contribution is 5.82. The average molecular weight is 261 g/mol. The molecule has 2 N–H and O–H groups in total. The third-order valence-corrected chi connectivity index (χ3v) is 3.75. The standard InChI is InChI=1S/C15H23N3O/c1-17(11-12-18-9-5-6-10-18)15(19)14(16)13-7-3-2-4-8-13/h2-4,7-8,14H,5-6,9-12,16H2,1H3/t14-/m0/s1. The molecule has 0 aromatic heterocycles. The molecule has 1 saturated heterocycles. The Hall–Kier alpha value is -1.39. The fraction of sp³-hybridized carbons (Fsp3) is 0.533. The van der Waals surface area contributed by atoms with Crippen molar-refractivity contribution in [3.8, 4) is 0 Å². The van der Waals surface area contributed by atoms with Crippen molar-refractivity contribution in [2.45, 2.75) is 18.9 Å². The topological polar surface area (TPSA) is 49.6 Å². The molecule has 0 unspecified atom stereocenters. The summed E-state index contributed by atoms with van der Waals surface area (Å²) in [5.41, 5.74) is 6.89. The van der Waals surface area contributed by atoms with Gasteiger partial charge in [-0.3, -0.25) is 4.79 Å². The highest BCUT2D eigenvalue weighted by atomic mass is 16.2. The Bertz CT molecular complexity index is 401. The predicted octanol–water partition coefficient (Wildman–Crippen LogP) is 1.24. The van der Waals surface area contributed by atoms with Crippen molar-refractivity contribution in [2.75, 3.05) is 33.2 Å². The number of nitrogens with two attached hydrogens (primary N) is 1. The molecule has 0 radical (unpaired) electrons. The molecule has 1 heterocycles. The van der Waals surface area contributed by atoms with Crippen molar-refractivity contribution in [1.29, 1.82) is 0 Å². The maximum absolute atomic E-state index is 12.2. The summed E-state index contributed by atoms with van der Waals surface area (Å²) in [5, 5.41) is 0. The average Bonchev–Trinajstić information content (AvgIpc) is 2.97. The Morgan fingerprint density at radius 2 is 1.95 bits per heavy atom. The molecule has 0 saturated carbocycles. The quantitative estimate of drug-likeness (QED) is 0.867. The van der Waals surface area contributed by atoms with E-state index in [1.54, 1.807) is 4.90 Å². The molecule has 0 bridgehead atoms. The molecule has 1 amide bonds. The van der Waals surface area contributed by atoms with Crippen LogP contribution in [0.25, 0.3) is 0 Å². The largest absolute Gasteiger partial charge is 0.343 e. The maximum atomic E-state index is 12.2. The minimum absolute atomic E-state index is 0.00889. The third-order valence-electron chi connectivity index (χ3n) is 3.75. The molecule has 0 spiro atoms. The molecule has 1 aromatic carbocycles. The van der Waals surface area contributed by atoms with Gasteiger partial charge in [-0.1, -0.05) is 30.3 Å². The van der Waals surface area contributed by atoms with Crippen LogP contribution in [0.15, 0.2) is 30.3 Å². The smallest absolute Gasteiger partial charge is 0.243 e. The first kappa shape index (κ1) is 14.0. The zero-order valence-corrected chi connectivity index (χ0v) is 11.6. The molecule has 4 heteroatoms. The van der Waals surface area contributed by atoms with E-state index in [1.165, 1.54) is 12.8 Å². The molecular weight excluding hydrogens is 238 g/mol. The fourth-order valence-electron chi connectivity index (χ4n) is 2.45. The zero-order chi connectivity index (χ0) is 13.7. The summed E-state index contributed by atoms with van der Waals surface area (Å²) in [6.07, 6.45) is 2.56. The summed E-state index contributed by atoms with van der Waals surface area (Å²) in [6.45, 7) is 4.02. The van der Waals surface area contributed by atoms with E-state index in [0.29, 0.717) is 0 Å². The van der Waals surface area contributed by atoms with Crippen molar-refractivity contribution in [1.82, 2.24) is 9.80 Å². The van der Waals surface area contributed by atoms with Crippen LogP contribution in [0.4, 0.5) is 0 Å².